The van der Waals surface area contributed by atoms with Crippen molar-refractivity contribution in [1.82, 2.24) is 6.15 Å². The molecule has 4 nitrogen and oxygen atoms in total. The van der Waals surface area contributed by atoms with E-state index in [9.17, 15) is 4.79 Å². The first-order chi connectivity index (χ1) is 6.09. The summed E-state index contributed by atoms with van der Waals surface area (Å²) in [5, 5.41) is 0.618. The fraction of sp³-hybridized carbons (Fsp3) is 0.222. The highest BCUT2D eigenvalue weighted by Crippen LogP contribution is 2.21. The summed E-state index contributed by atoms with van der Waals surface area (Å²) in [6.07, 6.45) is 0. The number of halogens is 1. The minimum atomic E-state index is -0.491. The Morgan fingerprint density at radius 2 is 2.07 bits per heavy atom. The summed E-state index contributed by atoms with van der Waals surface area (Å²) in [7, 11) is 0. The zero-order valence-electron chi connectivity index (χ0n) is 8.04. The summed E-state index contributed by atoms with van der Waals surface area (Å²) in [4.78, 5) is 19.5. The van der Waals surface area contributed by atoms with Crippen molar-refractivity contribution in [2.75, 3.05) is 0 Å². The molecule has 0 aliphatic carbocycles. The predicted octanol–water partition coefficient (Wildman–Crippen LogP) is 2.67. The first-order valence-corrected chi connectivity index (χ1v) is 4.08. The highest BCUT2D eigenvalue weighted by molar-refractivity contribution is 6.30. The lowest BCUT2D eigenvalue weighted by Gasteiger charge is -2.04. The summed E-state index contributed by atoms with van der Waals surface area (Å²) >= 11 is 5.72. The van der Waals surface area contributed by atoms with Crippen molar-refractivity contribution in [3.63, 3.8) is 0 Å². The van der Waals surface area contributed by atoms with Crippen LogP contribution in [0.4, 0.5) is 0 Å². The number of aryl methyl sites for hydroxylation is 1. The van der Waals surface area contributed by atoms with Crippen molar-refractivity contribution >= 4 is 17.6 Å². The average Bonchev–Trinajstić information content (AvgIpc) is 2.02. The molecule has 0 radical (unpaired) electrons. The highest BCUT2D eigenvalue weighted by Gasteiger charge is 2.02. The van der Waals surface area contributed by atoms with E-state index in [2.05, 4.69) is 4.89 Å². The van der Waals surface area contributed by atoms with Gasteiger partial charge in [0.1, 0.15) is 0 Å². The molecule has 0 spiro atoms. The van der Waals surface area contributed by atoms with Crippen LogP contribution in [0.2, 0.25) is 5.02 Å². The molecule has 0 saturated carbocycles. The molecule has 14 heavy (non-hydrogen) atoms. The summed E-state index contributed by atoms with van der Waals surface area (Å²) in [5.74, 6) is -0.00560. The van der Waals surface area contributed by atoms with Crippen LogP contribution in [0.5, 0.6) is 5.75 Å². The van der Waals surface area contributed by atoms with E-state index in [-0.39, 0.29) is 6.15 Å². The van der Waals surface area contributed by atoms with Gasteiger partial charge in [-0.2, -0.15) is 0 Å². The Morgan fingerprint density at radius 3 is 2.57 bits per heavy atom. The molecular formula is C9H12ClNO3. The Morgan fingerprint density at radius 1 is 1.43 bits per heavy atom. The van der Waals surface area contributed by atoms with Crippen LogP contribution in [-0.4, -0.2) is 5.97 Å². The standard InChI is InChI=1S/C9H9ClO3.H3N/c1-6-5-8(10)3-4-9(6)13-12-7(2)11;/h3-5H,1-2H3;1H3. The Bertz CT molecular complexity index is 328. The molecular weight excluding hydrogens is 206 g/mol. The first-order valence-electron chi connectivity index (χ1n) is 3.71. The van der Waals surface area contributed by atoms with Crippen LogP contribution in [-0.2, 0) is 9.68 Å². The Kier molecular flexibility index (Phi) is 4.97. The average molecular weight is 218 g/mol. The monoisotopic (exact) mass is 217 g/mol. The molecule has 0 aliphatic heterocycles. The van der Waals surface area contributed by atoms with Gasteiger partial charge in [-0.25, -0.2) is 4.79 Å². The molecule has 0 atom stereocenters. The number of carbonyl (C=O) groups excluding carboxylic acids is 1. The van der Waals surface area contributed by atoms with Gasteiger partial charge in [-0.05, 0) is 30.7 Å². The van der Waals surface area contributed by atoms with Crippen molar-refractivity contribution < 1.29 is 14.6 Å². The zero-order valence-corrected chi connectivity index (χ0v) is 8.80. The van der Waals surface area contributed by atoms with Crippen LogP contribution < -0.4 is 11.0 Å². The molecule has 1 aromatic rings. The molecule has 0 saturated heterocycles. The fourth-order valence-corrected chi connectivity index (χ4v) is 1.04. The van der Waals surface area contributed by atoms with Crippen LogP contribution >= 0.6 is 11.6 Å². The largest absolute Gasteiger partial charge is 0.352 e. The van der Waals surface area contributed by atoms with E-state index in [0.717, 1.165) is 5.56 Å². The van der Waals surface area contributed by atoms with Gasteiger partial charge in [0.05, 0.1) is 0 Å². The highest BCUT2D eigenvalue weighted by atomic mass is 35.5. The van der Waals surface area contributed by atoms with Crippen LogP contribution in [0.3, 0.4) is 0 Å². The van der Waals surface area contributed by atoms with Crippen LogP contribution in [0.1, 0.15) is 12.5 Å². The van der Waals surface area contributed by atoms with Crippen molar-refractivity contribution in [2.24, 2.45) is 0 Å². The fourth-order valence-electron chi connectivity index (χ4n) is 0.810. The molecule has 1 aromatic carbocycles. The molecule has 3 N–H and O–H groups in total. The smallest absolute Gasteiger partial charge is 0.344 e. The first kappa shape index (κ1) is 12.7. The Hall–Kier alpha value is -1.26. The number of benzene rings is 1. The van der Waals surface area contributed by atoms with E-state index in [1.165, 1.54) is 6.92 Å². The van der Waals surface area contributed by atoms with Crippen molar-refractivity contribution in [3.05, 3.63) is 28.8 Å². The second-order valence-electron chi connectivity index (χ2n) is 2.57. The maximum absolute atomic E-state index is 10.4. The molecule has 0 aromatic heterocycles. The second kappa shape index (κ2) is 5.47. The second-order valence-corrected chi connectivity index (χ2v) is 3.00. The maximum atomic E-state index is 10.4. The van der Waals surface area contributed by atoms with Crippen LogP contribution in [0, 0.1) is 6.92 Å². The molecule has 0 heterocycles. The third-order valence-corrected chi connectivity index (χ3v) is 1.62. The minimum Gasteiger partial charge on any atom is -0.344 e. The summed E-state index contributed by atoms with van der Waals surface area (Å²) in [6.45, 7) is 3.08. The minimum absolute atomic E-state index is 0. The van der Waals surface area contributed by atoms with Gasteiger partial charge in [0.2, 0.25) is 0 Å². The van der Waals surface area contributed by atoms with Gasteiger partial charge in [0, 0.05) is 11.9 Å². The third-order valence-electron chi connectivity index (χ3n) is 1.39. The lowest BCUT2D eigenvalue weighted by molar-refractivity contribution is -0.211. The van der Waals surface area contributed by atoms with E-state index in [1.54, 1.807) is 18.2 Å². The Balaban J connectivity index is 0.00000169. The zero-order chi connectivity index (χ0) is 9.84. The number of hydrogen-bond donors (Lipinski definition) is 1. The van der Waals surface area contributed by atoms with Crippen molar-refractivity contribution in [3.8, 4) is 5.75 Å². The SMILES string of the molecule is CC(=O)OOc1ccc(Cl)cc1C.N. The normalized spacial score (nSPS) is 8.79. The van der Waals surface area contributed by atoms with E-state index < -0.39 is 5.97 Å². The van der Waals surface area contributed by atoms with E-state index in [1.807, 2.05) is 6.92 Å². The molecule has 0 amide bonds. The van der Waals surface area contributed by atoms with Crippen LogP contribution in [0.25, 0.3) is 0 Å². The molecule has 0 unspecified atom stereocenters. The maximum Gasteiger partial charge on any atom is 0.352 e. The van der Waals surface area contributed by atoms with Gasteiger partial charge in [0.15, 0.2) is 5.75 Å². The van der Waals surface area contributed by atoms with Crippen molar-refractivity contribution in [2.45, 2.75) is 13.8 Å². The molecule has 78 valence electrons. The lowest BCUT2D eigenvalue weighted by Crippen LogP contribution is -2.03. The summed E-state index contributed by atoms with van der Waals surface area (Å²) in [5.41, 5.74) is 0.814. The number of hydrogen-bond acceptors (Lipinski definition) is 4. The van der Waals surface area contributed by atoms with Gasteiger partial charge in [-0.1, -0.05) is 11.6 Å². The summed E-state index contributed by atoms with van der Waals surface area (Å²) < 4.78 is 0. The Labute approximate surface area is 87.3 Å². The third kappa shape index (κ3) is 3.64. The van der Waals surface area contributed by atoms with Gasteiger partial charge in [0.25, 0.3) is 0 Å². The van der Waals surface area contributed by atoms with Gasteiger partial charge in [-0.15, -0.1) is 0 Å². The molecule has 0 bridgehead atoms. The summed E-state index contributed by atoms with van der Waals surface area (Å²) in [6, 6.07) is 5.02. The number of rotatable bonds is 2. The molecule has 5 heteroatoms. The van der Waals surface area contributed by atoms with Crippen LogP contribution in [0.15, 0.2) is 18.2 Å². The van der Waals surface area contributed by atoms with E-state index >= 15 is 0 Å². The predicted molar refractivity (Wildman–Crippen MR) is 53.6 cm³/mol. The van der Waals surface area contributed by atoms with E-state index in [0.29, 0.717) is 10.8 Å². The lowest BCUT2D eigenvalue weighted by atomic mass is 10.2. The quantitative estimate of drug-likeness (QED) is 0.611. The topological polar surface area (TPSA) is 70.5 Å². The van der Waals surface area contributed by atoms with Crippen molar-refractivity contribution in [1.29, 1.82) is 0 Å². The van der Waals surface area contributed by atoms with Gasteiger partial charge < -0.3 is 6.15 Å². The van der Waals surface area contributed by atoms with Gasteiger partial charge in [-0.3, -0.25) is 9.78 Å². The molecule has 1 rings (SSSR count). The molecule has 0 aliphatic rings. The van der Waals surface area contributed by atoms with E-state index in [4.69, 9.17) is 16.5 Å². The number of carbonyl (C=O) groups is 1. The van der Waals surface area contributed by atoms with Gasteiger partial charge >= 0.3 is 5.97 Å². The molecule has 0 fully saturated rings.